The number of anilines is 1. The molecule has 0 aliphatic rings. The molecule has 1 amide bonds. The van der Waals surface area contributed by atoms with Gasteiger partial charge in [-0.3, -0.25) is 4.79 Å². The number of rotatable bonds is 4. The van der Waals surface area contributed by atoms with Crippen molar-refractivity contribution in [2.24, 2.45) is 0 Å². The predicted molar refractivity (Wildman–Crippen MR) is 94.4 cm³/mol. The molecule has 1 N–H and O–H groups in total. The Morgan fingerprint density at radius 1 is 1.04 bits per heavy atom. The van der Waals surface area contributed by atoms with E-state index in [0.29, 0.717) is 11.4 Å². The van der Waals surface area contributed by atoms with E-state index in [-0.39, 0.29) is 32.0 Å². The Bertz CT molecular complexity index is 733. The average Bonchev–Trinajstić information content (AvgIpc) is 2.50. The molecule has 0 radical (unpaired) electrons. The zero-order valence-corrected chi connectivity index (χ0v) is 15.2. The van der Waals surface area contributed by atoms with Crippen molar-refractivity contribution in [1.29, 1.82) is 0 Å². The van der Waals surface area contributed by atoms with Crippen molar-refractivity contribution >= 4 is 58.0 Å². The zero-order chi connectivity index (χ0) is 17.1. The van der Waals surface area contributed by atoms with E-state index < -0.39 is 5.91 Å². The zero-order valence-electron chi connectivity index (χ0n) is 12.2. The topological polar surface area (TPSA) is 51.2 Å². The highest BCUT2D eigenvalue weighted by Gasteiger charge is 2.20. The first-order valence-corrected chi connectivity index (χ1v) is 8.09. The lowest BCUT2D eigenvalue weighted by Gasteiger charge is -2.11. The Kier molecular flexibility index (Phi) is 5.98. The maximum atomic E-state index is 12.3. The van der Waals surface area contributed by atoms with Crippen LogP contribution in [-0.4, -0.2) is 17.0 Å². The van der Waals surface area contributed by atoms with Crippen molar-refractivity contribution in [1.82, 2.24) is 4.98 Å². The minimum atomic E-state index is -0.548. The lowest BCUT2D eigenvalue weighted by molar-refractivity contribution is 0.102. The molecular weight excluding hydrogens is 382 g/mol. The molecule has 0 spiro atoms. The number of pyridine rings is 1. The first-order valence-electron chi connectivity index (χ1n) is 6.57. The summed E-state index contributed by atoms with van der Waals surface area (Å²) in [5.41, 5.74) is 0.444. The third-order valence-corrected chi connectivity index (χ3v) is 4.36. The fourth-order valence-electron chi connectivity index (χ4n) is 1.72. The van der Waals surface area contributed by atoms with Gasteiger partial charge in [0.25, 0.3) is 5.91 Å². The highest BCUT2D eigenvalue weighted by molar-refractivity contribution is 6.52. The highest BCUT2D eigenvalue weighted by atomic mass is 35.5. The average molecular weight is 394 g/mol. The van der Waals surface area contributed by atoms with Gasteiger partial charge in [-0.1, -0.05) is 46.4 Å². The molecule has 0 bridgehead atoms. The number of carbonyl (C=O) groups is 1. The van der Waals surface area contributed by atoms with Crippen LogP contribution in [-0.2, 0) is 0 Å². The summed E-state index contributed by atoms with van der Waals surface area (Å²) in [6.45, 7) is 3.86. The third-order valence-electron chi connectivity index (χ3n) is 2.68. The number of nitrogens with zero attached hydrogens (tertiary/aromatic N) is 1. The van der Waals surface area contributed by atoms with Crippen molar-refractivity contribution in [2.75, 3.05) is 5.32 Å². The maximum Gasteiger partial charge on any atom is 0.275 e. The van der Waals surface area contributed by atoms with Crippen LogP contribution in [0.25, 0.3) is 0 Å². The van der Waals surface area contributed by atoms with Gasteiger partial charge in [0.2, 0.25) is 0 Å². The van der Waals surface area contributed by atoms with Crippen LogP contribution in [0.2, 0.25) is 20.2 Å². The quantitative estimate of drug-likeness (QED) is 0.674. The maximum absolute atomic E-state index is 12.3. The Morgan fingerprint density at radius 3 is 2.22 bits per heavy atom. The molecule has 1 aromatic heterocycles. The lowest BCUT2D eigenvalue weighted by Crippen LogP contribution is -2.15. The molecule has 1 aromatic carbocycles. The SMILES string of the molecule is CC(C)Oc1ccc(NC(=O)c2nc(Cl)c(Cl)c(Cl)c2Cl)cc1. The molecule has 8 heteroatoms. The fourth-order valence-corrected chi connectivity index (χ4v) is 2.53. The third kappa shape index (κ3) is 4.42. The number of aromatic nitrogens is 1. The second kappa shape index (κ2) is 7.58. The number of hydrogen-bond donors (Lipinski definition) is 1. The number of hydrogen-bond acceptors (Lipinski definition) is 3. The van der Waals surface area contributed by atoms with Crippen LogP contribution < -0.4 is 10.1 Å². The van der Waals surface area contributed by atoms with Gasteiger partial charge in [-0.15, -0.1) is 0 Å². The molecular formula is C15H12Cl4N2O2. The highest BCUT2D eigenvalue weighted by Crippen LogP contribution is 2.36. The molecule has 0 fully saturated rings. The van der Waals surface area contributed by atoms with Crippen molar-refractivity contribution in [3.05, 3.63) is 50.2 Å². The van der Waals surface area contributed by atoms with E-state index in [1.807, 2.05) is 13.8 Å². The molecule has 0 aliphatic heterocycles. The van der Waals surface area contributed by atoms with E-state index in [9.17, 15) is 4.79 Å². The summed E-state index contributed by atoms with van der Waals surface area (Å²) in [4.78, 5) is 16.1. The van der Waals surface area contributed by atoms with Crippen molar-refractivity contribution in [3.8, 4) is 5.75 Å². The Labute approximate surface area is 153 Å². The van der Waals surface area contributed by atoms with Crippen molar-refractivity contribution < 1.29 is 9.53 Å². The van der Waals surface area contributed by atoms with E-state index in [0.717, 1.165) is 0 Å². The number of benzene rings is 1. The minimum Gasteiger partial charge on any atom is -0.491 e. The van der Waals surface area contributed by atoms with Gasteiger partial charge < -0.3 is 10.1 Å². The summed E-state index contributed by atoms with van der Waals surface area (Å²) in [5.74, 6) is 0.153. The van der Waals surface area contributed by atoms with Crippen LogP contribution in [0.4, 0.5) is 5.69 Å². The normalized spacial score (nSPS) is 10.7. The van der Waals surface area contributed by atoms with E-state index in [1.54, 1.807) is 24.3 Å². The summed E-state index contributed by atoms with van der Waals surface area (Å²) in [6.07, 6.45) is 0.0665. The lowest BCUT2D eigenvalue weighted by atomic mass is 10.2. The van der Waals surface area contributed by atoms with E-state index in [2.05, 4.69) is 10.3 Å². The summed E-state index contributed by atoms with van der Waals surface area (Å²) in [7, 11) is 0. The summed E-state index contributed by atoms with van der Waals surface area (Å²) in [5, 5.41) is 2.49. The summed E-state index contributed by atoms with van der Waals surface area (Å²) in [6, 6.07) is 6.88. The van der Waals surface area contributed by atoms with Crippen LogP contribution in [0.1, 0.15) is 24.3 Å². The molecule has 0 aliphatic carbocycles. The molecule has 0 atom stereocenters. The molecule has 2 aromatic rings. The second-order valence-corrected chi connectivity index (χ2v) is 6.33. The number of ether oxygens (including phenoxy) is 1. The molecule has 23 heavy (non-hydrogen) atoms. The van der Waals surface area contributed by atoms with E-state index in [1.165, 1.54) is 0 Å². The van der Waals surface area contributed by atoms with Crippen LogP contribution >= 0.6 is 46.4 Å². The minimum absolute atomic E-state index is 0.00469. The Balaban J connectivity index is 2.19. The molecule has 0 unspecified atom stereocenters. The van der Waals surface area contributed by atoms with Crippen molar-refractivity contribution in [3.63, 3.8) is 0 Å². The molecule has 0 saturated heterocycles. The van der Waals surface area contributed by atoms with Gasteiger partial charge in [0.05, 0.1) is 21.2 Å². The Morgan fingerprint density at radius 2 is 1.65 bits per heavy atom. The number of amides is 1. The number of carbonyl (C=O) groups excluding carboxylic acids is 1. The van der Waals surface area contributed by atoms with Gasteiger partial charge in [0, 0.05) is 5.69 Å². The molecule has 0 saturated carbocycles. The molecule has 2 rings (SSSR count). The van der Waals surface area contributed by atoms with Gasteiger partial charge in [-0.05, 0) is 38.1 Å². The van der Waals surface area contributed by atoms with Gasteiger partial charge in [-0.2, -0.15) is 0 Å². The summed E-state index contributed by atoms with van der Waals surface area (Å²) >= 11 is 23.6. The smallest absolute Gasteiger partial charge is 0.275 e. The molecule has 122 valence electrons. The fraction of sp³-hybridized carbons (Fsp3) is 0.200. The monoisotopic (exact) mass is 392 g/mol. The second-order valence-electron chi connectivity index (χ2n) is 4.84. The molecule has 4 nitrogen and oxygen atoms in total. The Hall–Kier alpha value is -1.20. The van der Waals surface area contributed by atoms with Crippen LogP contribution in [0.5, 0.6) is 5.75 Å². The van der Waals surface area contributed by atoms with Gasteiger partial charge in [0.1, 0.15) is 16.6 Å². The number of halogens is 4. The van der Waals surface area contributed by atoms with Crippen LogP contribution in [0, 0.1) is 0 Å². The standard InChI is InChI=1S/C15H12Cl4N2O2/c1-7(2)23-9-5-3-8(4-6-9)20-15(22)13-11(17)10(16)12(18)14(19)21-13/h3-7H,1-2H3,(H,20,22). The van der Waals surface area contributed by atoms with Gasteiger partial charge in [-0.25, -0.2) is 4.98 Å². The largest absolute Gasteiger partial charge is 0.491 e. The number of nitrogens with one attached hydrogen (secondary N) is 1. The predicted octanol–water partition coefficient (Wildman–Crippen LogP) is 5.73. The van der Waals surface area contributed by atoms with Gasteiger partial charge in [0.15, 0.2) is 0 Å². The first-order chi connectivity index (χ1) is 10.8. The first kappa shape index (κ1) is 18.1. The molecule has 1 heterocycles. The van der Waals surface area contributed by atoms with Crippen LogP contribution in [0.3, 0.4) is 0 Å². The van der Waals surface area contributed by atoms with E-state index in [4.69, 9.17) is 51.1 Å². The summed E-state index contributed by atoms with van der Waals surface area (Å²) < 4.78 is 5.53. The van der Waals surface area contributed by atoms with Gasteiger partial charge >= 0.3 is 0 Å². The van der Waals surface area contributed by atoms with E-state index >= 15 is 0 Å². The van der Waals surface area contributed by atoms with Crippen LogP contribution in [0.15, 0.2) is 24.3 Å². The van der Waals surface area contributed by atoms with Crippen molar-refractivity contribution in [2.45, 2.75) is 20.0 Å².